The van der Waals surface area contributed by atoms with Gasteiger partial charge < -0.3 is 15.0 Å². The van der Waals surface area contributed by atoms with Crippen molar-refractivity contribution in [3.05, 3.63) is 101 Å². The van der Waals surface area contributed by atoms with Gasteiger partial charge >= 0.3 is 0 Å². The fourth-order valence-electron chi connectivity index (χ4n) is 4.93. The highest BCUT2D eigenvalue weighted by Crippen LogP contribution is 2.45. The van der Waals surface area contributed by atoms with Crippen molar-refractivity contribution in [2.45, 2.75) is 31.8 Å². The summed E-state index contributed by atoms with van der Waals surface area (Å²) in [6.45, 7) is 3.62. The van der Waals surface area contributed by atoms with Crippen molar-refractivity contribution in [2.75, 3.05) is 13.2 Å². The third kappa shape index (κ3) is 3.54. The zero-order chi connectivity index (χ0) is 22.1. The summed E-state index contributed by atoms with van der Waals surface area (Å²) >= 11 is 0. The lowest BCUT2D eigenvalue weighted by Crippen LogP contribution is -2.50. The van der Waals surface area contributed by atoms with Crippen LogP contribution >= 0.6 is 0 Å². The molecule has 0 bridgehead atoms. The Hall–Kier alpha value is -3.60. The van der Waals surface area contributed by atoms with Crippen LogP contribution in [-0.2, 0) is 17.8 Å². The molecule has 0 fully saturated rings. The van der Waals surface area contributed by atoms with Crippen molar-refractivity contribution in [1.29, 1.82) is 0 Å². The summed E-state index contributed by atoms with van der Waals surface area (Å²) < 4.78 is 5.50. The summed E-state index contributed by atoms with van der Waals surface area (Å²) in [6, 6.07) is 23.2. The minimum atomic E-state index is -0.451. The van der Waals surface area contributed by atoms with Crippen LogP contribution in [0.4, 0.5) is 0 Å². The number of benzene rings is 3. The minimum Gasteiger partial charge on any atom is -0.494 e. The molecule has 5 nitrogen and oxygen atoms in total. The maximum atomic E-state index is 13.6. The third-order valence-electron chi connectivity index (χ3n) is 6.42. The Bertz CT molecular complexity index is 1160. The Morgan fingerprint density at radius 3 is 2.50 bits per heavy atom. The molecule has 2 amide bonds. The zero-order valence-electron chi connectivity index (χ0n) is 18.1. The molecule has 0 aliphatic carbocycles. The van der Waals surface area contributed by atoms with Gasteiger partial charge in [0.2, 0.25) is 5.91 Å². The topological polar surface area (TPSA) is 58.6 Å². The van der Waals surface area contributed by atoms with Crippen molar-refractivity contribution in [2.24, 2.45) is 0 Å². The number of nitrogens with zero attached hydrogens (tertiary/aromatic N) is 1. The number of ether oxygens (including phenoxy) is 1. The van der Waals surface area contributed by atoms with Crippen molar-refractivity contribution in [3.63, 3.8) is 0 Å². The lowest BCUT2D eigenvalue weighted by molar-refractivity contribution is -0.124. The molecule has 2 atom stereocenters. The lowest BCUT2D eigenvalue weighted by Gasteiger charge is -2.45. The Morgan fingerprint density at radius 2 is 1.72 bits per heavy atom. The summed E-state index contributed by atoms with van der Waals surface area (Å²) in [5.41, 5.74) is 4.72. The minimum absolute atomic E-state index is 0.00988. The molecule has 2 heterocycles. The van der Waals surface area contributed by atoms with Gasteiger partial charge in [-0.25, -0.2) is 0 Å². The highest BCUT2D eigenvalue weighted by molar-refractivity contribution is 6.01. The summed E-state index contributed by atoms with van der Waals surface area (Å²) in [4.78, 5) is 28.8. The van der Waals surface area contributed by atoms with Crippen molar-refractivity contribution >= 4 is 11.8 Å². The van der Waals surface area contributed by atoms with Crippen molar-refractivity contribution in [1.82, 2.24) is 10.2 Å². The average molecular weight is 427 g/mol. The van der Waals surface area contributed by atoms with Crippen LogP contribution in [0.15, 0.2) is 72.8 Å². The third-order valence-corrected chi connectivity index (χ3v) is 6.42. The average Bonchev–Trinajstić information content (AvgIpc) is 2.84. The van der Waals surface area contributed by atoms with E-state index in [4.69, 9.17) is 4.74 Å². The number of fused-ring (bicyclic) bond motifs is 4. The van der Waals surface area contributed by atoms with Crippen LogP contribution in [0.1, 0.15) is 51.5 Å². The highest BCUT2D eigenvalue weighted by Gasteiger charge is 2.45. The van der Waals surface area contributed by atoms with E-state index in [0.717, 1.165) is 28.9 Å². The number of rotatable bonds is 5. The van der Waals surface area contributed by atoms with Crippen molar-refractivity contribution in [3.8, 4) is 5.75 Å². The number of carbonyl (C=O) groups excluding carboxylic acids is 2. The highest BCUT2D eigenvalue weighted by atomic mass is 16.5. The fourth-order valence-corrected chi connectivity index (χ4v) is 4.93. The van der Waals surface area contributed by atoms with E-state index in [-0.39, 0.29) is 17.9 Å². The molecule has 0 aromatic heterocycles. The molecule has 2 aliphatic heterocycles. The SMILES string of the molecule is CCOc1ccc(CNC(=O)[C@H]2c3ccccc3C(=O)N3CCc4ccccc4[C@@H]23)cc1. The van der Waals surface area contributed by atoms with E-state index in [1.165, 1.54) is 5.56 Å². The number of hydrogen-bond donors (Lipinski definition) is 1. The first-order chi connectivity index (χ1) is 15.7. The quantitative estimate of drug-likeness (QED) is 0.664. The molecule has 0 unspecified atom stereocenters. The molecule has 5 rings (SSSR count). The van der Waals surface area contributed by atoms with Crippen LogP contribution in [0.3, 0.4) is 0 Å². The smallest absolute Gasteiger partial charge is 0.254 e. The molecule has 0 saturated heterocycles. The first-order valence-electron chi connectivity index (χ1n) is 11.1. The summed E-state index contributed by atoms with van der Waals surface area (Å²) in [7, 11) is 0. The largest absolute Gasteiger partial charge is 0.494 e. The van der Waals surface area contributed by atoms with Gasteiger partial charge in [-0.1, -0.05) is 54.6 Å². The molecule has 3 aromatic rings. The fraction of sp³-hybridized carbons (Fsp3) is 0.259. The monoisotopic (exact) mass is 426 g/mol. The maximum absolute atomic E-state index is 13.6. The Kier molecular flexibility index (Phi) is 5.39. The second kappa shape index (κ2) is 8.50. The van der Waals surface area contributed by atoms with Gasteiger partial charge in [-0.05, 0) is 53.8 Å². The van der Waals surface area contributed by atoms with Gasteiger partial charge in [-0.3, -0.25) is 9.59 Å². The van der Waals surface area contributed by atoms with Crippen molar-refractivity contribution < 1.29 is 14.3 Å². The van der Waals surface area contributed by atoms with Crippen LogP contribution < -0.4 is 10.1 Å². The predicted molar refractivity (Wildman–Crippen MR) is 123 cm³/mol. The molecule has 0 radical (unpaired) electrons. The first kappa shape index (κ1) is 20.3. The maximum Gasteiger partial charge on any atom is 0.254 e. The molecule has 32 heavy (non-hydrogen) atoms. The molecule has 1 N–H and O–H groups in total. The lowest BCUT2D eigenvalue weighted by atomic mass is 9.76. The van der Waals surface area contributed by atoms with Gasteiger partial charge in [0, 0.05) is 18.7 Å². The standard InChI is InChI=1S/C27H26N2O3/c1-2-32-20-13-11-18(12-14-20)17-28-26(30)24-22-9-5-6-10-23(22)27(31)29-16-15-19-7-3-4-8-21(19)25(24)29/h3-14,24-25H,2,15-17H2,1H3,(H,28,30)/t24-,25-/m0/s1. The summed E-state index contributed by atoms with van der Waals surface area (Å²) in [5.74, 6) is 0.311. The Balaban J connectivity index is 1.47. The summed E-state index contributed by atoms with van der Waals surface area (Å²) in [6.07, 6.45) is 0.807. The van der Waals surface area contributed by atoms with Gasteiger partial charge in [0.05, 0.1) is 18.6 Å². The van der Waals surface area contributed by atoms with Gasteiger partial charge in [0.15, 0.2) is 0 Å². The van der Waals surface area contributed by atoms with E-state index in [9.17, 15) is 9.59 Å². The Labute approximate surface area is 188 Å². The molecule has 5 heteroatoms. The number of hydrogen-bond acceptors (Lipinski definition) is 3. The molecule has 3 aromatic carbocycles. The molecular formula is C27H26N2O3. The molecule has 0 spiro atoms. The van der Waals surface area contributed by atoms with E-state index in [2.05, 4.69) is 17.4 Å². The molecule has 0 saturated carbocycles. The first-order valence-corrected chi connectivity index (χ1v) is 11.1. The van der Waals surface area contributed by atoms with Crippen LogP contribution in [0.25, 0.3) is 0 Å². The normalized spacial score (nSPS) is 18.9. The number of amides is 2. The van der Waals surface area contributed by atoms with Gasteiger partial charge in [-0.15, -0.1) is 0 Å². The van der Waals surface area contributed by atoms with Crippen LogP contribution in [0.5, 0.6) is 5.75 Å². The molecular weight excluding hydrogens is 400 g/mol. The number of nitrogens with one attached hydrogen (secondary N) is 1. The van der Waals surface area contributed by atoms with Gasteiger partial charge in [-0.2, -0.15) is 0 Å². The predicted octanol–water partition coefficient (Wildman–Crippen LogP) is 4.24. The van der Waals surface area contributed by atoms with Gasteiger partial charge in [0.1, 0.15) is 5.75 Å². The molecule has 162 valence electrons. The van der Waals surface area contributed by atoms with Crippen LogP contribution in [0.2, 0.25) is 0 Å². The van der Waals surface area contributed by atoms with Crippen LogP contribution in [0, 0.1) is 0 Å². The van der Waals surface area contributed by atoms with Crippen LogP contribution in [-0.4, -0.2) is 29.9 Å². The second-order valence-electron chi connectivity index (χ2n) is 8.25. The van der Waals surface area contributed by atoms with E-state index >= 15 is 0 Å². The van der Waals surface area contributed by atoms with E-state index in [0.29, 0.717) is 25.3 Å². The molecule has 2 aliphatic rings. The van der Waals surface area contributed by atoms with E-state index in [1.54, 1.807) is 0 Å². The van der Waals surface area contributed by atoms with Gasteiger partial charge in [0.25, 0.3) is 5.91 Å². The second-order valence-corrected chi connectivity index (χ2v) is 8.25. The number of carbonyl (C=O) groups is 2. The van der Waals surface area contributed by atoms with E-state index < -0.39 is 5.92 Å². The van der Waals surface area contributed by atoms with E-state index in [1.807, 2.05) is 72.5 Å². The summed E-state index contributed by atoms with van der Waals surface area (Å²) in [5, 5.41) is 3.12. The Morgan fingerprint density at radius 1 is 1.00 bits per heavy atom. The zero-order valence-corrected chi connectivity index (χ0v) is 18.1.